The Labute approximate surface area is 300 Å². The molecule has 0 aliphatic heterocycles. The molecule has 1 heteroatoms. The third kappa shape index (κ3) is 4.34. The summed E-state index contributed by atoms with van der Waals surface area (Å²) in [7, 11) is 0. The van der Waals surface area contributed by atoms with Crippen molar-refractivity contribution in [3.63, 3.8) is 0 Å². The van der Waals surface area contributed by atoms with Gasteiger partial charge in [-0.3, -0.25) is 0 Å². The molecule has 8 aromatic carbocycles. The Morgan fingerprint density at radius 2 is 0.902 bits per heavy atom. The fourth-order valence-electron chi connectivity index (χ4n) is 9.21. The quantitative estimate of drug-likeness (QED) is 0.183. The van der Waals surface area contributed by atoms with Crippen LogP contribution in [0.2, 0.25) is 0 Å². The van der Waals surface area contributed by atoms with E-state index in [2.05, 4.69) is 196 Å². The van der Waals surface area contributed by atoms with E-state index < -0.39 is 0 Å². The van der Waals surface area contributed by atoms with Crippen molar-refractivity contribution in [2.24, 2.45) is 0 Å². The van der Waals surface area contributed by atoms with Gasteiger partial charge in [0.2, 0.25) is 0 Å². The van der Waals surface area contributed by atoms with Crippen LogP contribution in [0.3, 0.4) is 0 Å². The Balaban J connectivity index is 1.22. The van der Waals surface area contributed by atoms with E-state index in [9.17, 15) is 0 Å². The van der Waals surface area contributed by atoms with Gasteiger partial charge in [-0.2, -0.15) is 0 Å². The predicted octanol–water partition coefficient (Wildman–Crippen LogP) is 13.7. The third-order valence-electron chi connectivity index (χ3n) is 11.8. The average molecular weight is 654 g/mol. The molecule has 0 N–H and O–H groups in total. The minimum atomic E-state index is -0.0685. The zero-order chi connectivity index (χ0) is 34.5. The summed E-state index contributed by atoms with van der Waals surface area (Å²) in [6.07, 6.45) is 0. The molecule has 0 aromatic heterocycles. The van der Waals surface area contributed by atoms with Gasteiger partial charge in [0, 0.05) is 27.6 Å². The molecule has 1 nitrogen and oxygen atoms in total. The highest BCUT2D eigenvalue weighted by Gasteiger charge is 2.37. The van der Waals surface area contributed by atoms with Crippen molar-refractivity contribution < 1.29 is 0 Å². The lowest BCUT2D eigenvalue weighted by Crippen LogP contribution is -2.15. The minimum absolute atomic E-state index is 0.0497. The van der Waals surface area contributed by atoms with Crippen molar-refractivity contribution in [3.8, 4) is 33.4 Å². The lowest BCUT2D eigenvalue weighted by atomic mass is 9.81. The molecule has 0 radical (unpaired) electrons. The lowest BCUT2D eigenvalue weighted by molar-refractivity contribution is 0.660. The van der Waals surface area contributed by atoms with E-state index in [1.54, 1.807) is 0 Å². The van der Waals surface area contributed by atoms with E-state index in [0.29, 0.717) is 0 Å². The van der Waals surface area contributed by atoms with E-state index >= 15 is 0 Å². The van der Waals surface area contributed by atoms with Gasteiger partial charge in [-0.25, -0.2) is 0 Å². The van der Waals surface area contributed by atoms with Gasteiger partial charge < -0.3 is 4.90 Å². The highest BCUT2D eigenvalue weighted by atomic mass is 15.1. The summed E-state index contributed by atoms with van der Waals surface area (Å²) >= 11 is 0. The number of nitrogens with zero attached hydrogens (tertiary/aromatic N) is 1. The van der Waals surface area contributed by atoms with Crippen LogP contribution in [0.4, 0.5) is 17.1 Å². The Morgan fingerprint density at radius 3 is 1.69 bits per heavy atom. The summed E-state index contributed by atoms with van der Waals surface area (Å²) in [5.74, 6) is 0. The average Bonchev–Trinajstić information content (AvgIpc) is 3.54. The van der Waals surface area contributed by atoms with Crippen LogP contribution in [0.5, 0.6) is 0 Å². The molecule has 2 aliphatic carbocycles. The minimum Gasteiger partial charge on any atom is -0.310 e. The van der Waals surface area contributed by atoms with E-state index in [0.717, 1.165) is 11.4 Å². The zero-order valence-electron chi connectivity index (χ0n) is 29.5. The molecule has 0 heterocycles. The summed E-state index contributed by atoms with van der Waals surface area (Å²) in [6.45, 7) is 9.44. The second-order valence-electron chi connectivity index (χ2n) is 15.4. The molecule has 0 atom stereocenters. The molecule has 0 saturated heterocycles. The molecule has 2 aliphatic rings. The molecule has 244 valence electrons. The Bertz CT molecular complexity index is 2700. The van der Waals surface area contributed by atoms with Crippen LogP contribution in [0.15, 0.2) is 164 Å². The number of benzene rings is 8. The monoisotopic (exact) mass is 653 g/mol. The maximum atomic E-state index is 2.49. The number of hydrogen-bond acceptors (Lipinski definition) is 1. The fourth-order valence-corrected chi connectivity index (χ4v) is 9.21. The van der Waals surface area contributed by atoms with Crippen molar-refractivity contribution in [2.45, 2.75) is 38.5 Å². The maximum absolute atomic E-state index is 2.49. The molecular weight excluding hydrogens is 615 g/mol. The first-order valence-electron chi connectivity index (χ1n) is 18.1. The standard InChI is InChI=1S/C50H39N/c1-49(2)44-21-10-8-18-40(44)42-31-37(26-28-45(42)49)51(36-25-23-32-13-5-6-14-34(32)29-36)47-22-12-16-33-15-11-19-38(48(33)47)35-24-27-41-39-17-7-9-20-43(39)50(3,4)46(41)30-35/h5-31H,1-4H3. The van der Waals surface area contributed by atoms with Gasteiger partial charge in [-0.1, -0.05) is 155 Å². The summed E-state index contributed by atoms with van der Waals surface area (Å²) in [4.78, 5) is 2.49. The van der Waals surface area contributed by atoms with E-state index in [1.807, 2.05) is 0 Å². The van der Waals surface area contributed by atoms with Crippen LogP contribution >= 0.6 is 0 Å². The van der Waals surface area contributed by atoms with Crippen LogP contribution in [-0.4, -0.2) is 0 Å². The van der Waals surface area contributed by atoms with Gasteiger partial charge in [-0.05, 0) is 108 Å². The van der Waals surface area contributed by atoms with Crippen LogP contribution in [0.25, 0.3) is 54.9 Å². The van der Waals surface area contributed by atoms with Crippen LogP contribution in [-0.2, 0) is 10.8 Å². The SMILES string of the molecule is CC1(C)c2ccccc2-c2cc(N(c3ccc4ccccc4c3)c3cccc4cccc(-c5ccc6c(c5)C(C)(C)c5ccccc5-6)c34)ccc21. The lowest BCUT2D eigenvalue weighted by Gasteiger charge is -2.29. The van der Waals surface area contributed by atoms with Crippen molar-refractivity contribution in [3.05, 3.63) is 186 Å². The molecule has 0 bridgehead atoms. The Morgan fingerprint density at radius 1 is 0.353 bits per heavy atom. The summed E-state index contributed by atoms with van der Waals surface area (Å²) in [5.41, 5.74) is 16.8. The van der Waals surface area contributed by atoms with E-state index in [4.69, 9.17) is 0 Å². The molecule has 8 aromatic rings. The van der Waals surface area contributed by atoms with Gasteiger partial charge in [-0.15, -0.1) is 0 Å². The van der Waals surface area contributed by atoms with Crippen molar-refractivity contribution in [1.82, 2.24) is 0 Å². The van der Waals surface area contributed by atoms with Gasteiger partial charge >= 0.3 is 0 Å². The Hall–Kier alpha value is -5.92. The molecule has 0 spiro atoms. The first kappa shape index (κ1) is 29.9. The molecular formula is C50H39N. The van der Waals surface area contributed by atoms with Gasteiger partial charge in [0.1, 0.15) is 0 Å². The third-order valence-corrected chi connectivity index (χ3v) is 11.8. The smallest absolute Gasteiger partial charge is 0.0546 e. The number of fused-ring (bicyclic) bond motifs is 8. The topological polar surface area (TPSA) is 3.24 Å². The summed E-state index contributed by atoms with van der Waals surface area (Å²) in [5, 5.41) is 4.95. The van der Waals surface area contributed by atoms with Gasteiger partial charge in [0.15, 0.2) is 0 Å². The van der Waals surface area contributed by atoms with Crippen molar-refractivity contribution in [2.75, 3.05) is 4.90 Å². The fraction of sp³-hybridized carbons (Fsp3) is 0.120. The van der Waals surface area contributed by atoms with Gasteiger partial charge in [0.05, 0.1) is 5.69 Å². The van der Waals surface area contributed by atoms with E-state index in [1.165, 1.54) is 82.9 Å². The normalized spacial score (nSPS) is 14.6. The molecule has 0 saturated carbocycles. The molecule has 51 heavy (non-hydrogen) atoms. The highest BCUT2D eigenvalue weighted by molar-refractivity contribution is 6.08. The van der Waals surface area contributed by atoms with E-state index in [-0.39, 0.29) is 10.8 Å². The van der Waals surface area contributed by atoms with Crippen molar-refractivity contribution in [1.29, 1.82) is 0 Å². The summed E-state index contributed by atoms with van der Waals surface area (Å²) < 4.78 is 0. The van der Waals surface area contributed by atoms with Crippen LogP contribution < -0.4 is 4.90 Å². The van der Waals surface area contributed by atoms with Gasteiger partial charge in [0.25, 0.3) is 0 Å². The second-order valence-corrected chi connectivity index (χ2v) is 15.4. The molecule has 0 fully saturated rings. The Kier molecular flexibility index (Phi) is 6.34. The zero-order valence-corrected chi connectivity index (χ0v) is 29.5. The number of rotatable bonds is 4. The van der Waals surface area contributed by atoms with Crippen molar-refractivity contribution >= 4 is 38.6 Å². The molecule has 0 amide bonds. The first-order valence-corrected chi connectivity index (χ1v) is 18.1. The molecule has 10 rings (SSSR count). The van der Waals surface area contributed by atoms with Crippen LogP contribution in [0.1, 0.15) is 49.9 Å². The maximum Gasteiger partial charge on any atom is 0.0546 e. The number of hydrogen-bond donors (Lipinski definition) is 0. The largest absolute Gasteiger partial charge is 0.310 e. The second kappa shape index (κ2) is 10.8. The molecule has 0 unspecified atom stereocenters. The predicted molar refractivity (Wildman–Crippen MR) is 217 cm³/mol. The highest BCUT2D eigenvalue weighted by Crippen LogP contribution is 2.53. The summed E-state index contributed by atoms with van der Waals surface area (Å²) in [6, 6.07) is 61.2. The van der Waals surface area contributed by atoms with Crippen LogP contribution in [0, 0.1) is 0 Å². The number of anilines is 3. The first-order chi connectivity index (χ1) is 24.8.